The Labute approximate surface area is 155 Å². The van der Waals surface area contributed by atoms with Gasteiger partial charge in [0.25, 0.3) is 0 Å². The predicted octanol–water partition coefficient (Wildman–Crippen LogP) is 3.26. The number of carbonyl (C=O) groups excluding carboxylic acids is 1. The molecular formula is C19H17N3O3S. The van der Waals surface area contributed by atoms with E-state index < -0.39 is 11.2 Å². The normalized spacial score (nSPS) is 13.5. The summed E-state index contributed by atoms with van der Waals surface area (Å²) in [6.07, 6.45) is 2.90. The number of hydrogen-bond acceptors (Lipinski definition) is 5. The van der Waals surface area contributed by atoms with Crippen LogP contribution in [0.5, 0.6) is 0 Å². The highest BCUT2D eigenvalue weighted by Crippen LogP contribution is 2.30. The largest absolute Gasteiger partial charge is 0.478 e. The number of carboxylic acid groups (broad SMARTS) is 1. The Morgan fingerprint density at radius 2 is 2.04 bits per heavy atom. The molecule has 0 radical (unpaired) electrons. The van der Waals surface area contributed by atoms with Crippen LogP contribution in [-0.2, 0) is 17.6 Å². The second kappa shape index (κ2) is 7.58. The number of benzene rings is 1. The molecule has 2 N–H and O–H groups in total. The fraction of sp³-hybridized carbons (Fsp3) is 0.263. The molecule has 26 heavy (non-hydrogen) atoms. The lowest BCUT2D eigenvalue weighted by atomic mass is 10.2. The summed E-state index contributed by atoms with van der Waals surface area (Å²) in [5.41, 5.74) is 3.33. The van der Waals surface area contributed by atoms with Crippen LogP contribution in [-0.4, -0.2) is 27.2 Å². The van der Waals surface area contributed by atoms with Crippen LogP contribution in [0.15, 0.2) is 35.4 Å². The van der Waals surface area contributed by atoms with Crippen molar-refractivity contribution in [2.24, 2.45) is 0 Å². The average molecular weight is 367 g/mol. The first-order chi connectivity index (χ1) is 12.5. The molecular weight excluding hydrogens is 350 g/mol. The van der Waals surface area contributed by atoms with Crippen molar-refractivity contribution in [2.75, 3.05) is 5.32 Å². The van der Waals surface area contributed by atoms with E-state index >= 15 is 0 Å². The lowest BCUT2D eigenvalue weighted by Gasteiger charge is -2.13. The molecule has 1 unspecified atom stereocenters. The van der Waals surface area contributed by atoms with Crippen LogP contribution in [0.25, 0.3) is 0 Å². The molecule has 1 aromatic heterocycles. The van der Waals surface area contributed by atoms with Gasteiger partial charge in [0.1, 0.15) is 11.1 Å². The number of carboxylic acids is 1. The van der Waals surface area contributed by atoms with Crippen LogP contribution >= 0.6 is 11.8 Å². The monoisotopic (exact) mass is 367 g/mol. The van der Waals surface area contributed by atoms with Gasteiger partial charge < -0.3 is 10.4 Å². The van der Waals surface area contributed by atoms with E-state index in [1.165, 1.54) is 23.9 Å². The molecule has 1 aliphatic carbocycles. The smallest absolute Gasteiger partial charge is 0.335 e. The minimum Gasteiger partial charge on any atom is -0.478 e. The van der Waals surface area contributed by atoms with Crippen LogP contribution in [0, 0.1) is 11.3 Å². The molecule has 2 aromatic rings. The zero-order valence-corrected chi connectivity index (χ0v) is 15.0. The van der Waals surface area contributed by atoms with Gasteiger partial charge in [-0.1, -0.05) is 11.8 Å². The number of nitriles is 1. The Morgan fingerprint density at radius 1 is 1.31 bits per heavy atom. The van der Waals surface area contributed by atoms with Crippen LogP contribution in [0.3, 0.4) is 0 Å². The van der Waals surface area contributed by atoms with Crippen molar-refractivity contribution in [1.29, 1.82) is 5.26 Å². The quantitative estimate of drug-likeness (QED) is 0.786. The van der Waals surface area contributed by atoms with Crippen molar-refractivity contribution in [3.05, 3.63) is 52.7 Å². The summed E-state index contributed by atoms with van der Waals surface area (Å²) in [6, 6.07) is 10.0. The van der Waals surface area contributed by atoms with E-state index in [1.54, 1.807) is 19.1 Å². The van der Waals surface area contributed by atoms with Crippen LogP contribution < -0.4 is 5.32 Å². The first kappa shape index (κ1) is 18.0. The van der Waals surface area contributed by atoms with Gasteiger partial charge in [0.15, 0.2) is 0 Å². The summed E-state index contributed by atoms with van der Waals surface area (Å²) in [4.78, 5) is 27.9. The van der Waals surface area contributed by atoms with Crippen molar-refractivity contribution in [3.63, 3.8) is 0 Å². The Balaban J connectivity index is 1.70. The average Bonchev–Trinajstić information content (AvgIpc) is 3.08. The van der Waals surface area contributed by atoms with Gasteiger partial charge in [0, 0.05) is 11.4 Å². The molecule has 7 heteroatoms. The Morgan fingerprint density at radius 3 is 2.69 bits per heavy atom. The number of nitrogens with zero attached hydrogens (tertiary/aromatic N) is 2. The van der Waals surface area contributed by atoms with E-state index in [1.807, 2.05) is 6.07 Å². The molecule has 0 bridgehead atoms. The number of aromatic nitrogens is 1. The summed E-state index contributed by atoms with van der Waals surface area (Å²) in [5, 5.41) is 21.1. The lowest BCUT2D eigenvalue weighted by Crippen LogP contribution is -2.22. The van der Waals surface area contributed by atoms with Gasteiger partial charge in [0.05, 0.1) is 16.4 Å². The number of pyridine rings is 1. The highest BCUT2D eigenvalue weighted by Gasteiger charge is 2.21. The van der Waals surface area contributed by atoms with Gasteiger partial charge in [-0.05, 0) is 62.1 Å². The van der Waals surface area contributed by atoms with Crippen molar-refractivity contribution >= 4 is 29.3 Å². The Bertz CT molecular complexity index is 903. The van der Waals surface area contributed by atoms with Crippen LogP contribution in [0.4, 0.5) is 5.69 Å². The molecule has 1 heterocycles. The number of aryl methyl sites for hydroxylation is 2. The van der Waals surface area contributed by atoms with E-state index in [4.69, 9.17) is 5.11 Å². The molecule has 0 spiro atoms. The Kier molecular flexibility index (Phi) is 5.24. The molecule has 132 valence electrons. The topological polar surface area (TPSA) is 103 Å². The number of amides is 1. The second-order valence-electron chi connectivity index (χ2n) is 6.04. The molecule has 0 saturated heterocycles. The number of anilines is 1. The fourth-order valence-corrected chi connectivity index (χ4v) is 3.68. The highest BCUT2D eigenvalue weighted by molar-refractivity contribution is 8.00. The van der Waals surface area contributed by atoms with E-state index in [9.17, 15) is 14.9 Å². The van der Waals surface area contributed by atoms with E-state index in [2.05, 4.69) is 16.4 Å². The lowest BCUT2D eigenvalue weighted by molar-refractivity contribution is -0.115. The van der Waals surface area contributed by atoms with Crippen molar-refractivity contribution in [3.8, 4) is 6.07 Å². The van der Waals surface area contributed by atoms with Gasteiger partial charge in [-0.3, -0.25) is 4.79 Å². The SMILES string of the molecule is CC(Sc1nc2c(cc1C#N)CCC2)C(=O)Nc1ccc(C(=O)O)cc1. The van der Waals surface area contributed by atoms with Crippen molar-refractivity contribution in [1.82, 2.24) is 4.98 Å². The summed E-state index contributed by atoms with van der Waals surface area (Å²) in [5.74, 6) is -1.25. The standard InChI is InChI=1S/C19H17N3O3S/c1-11(17(23)21-15-7-5-12(6-8-15)19(24)25)26-18-14(10-20)9-13-3-2-4-16(13)22-18/h5-9,11H,2-4H2,1H3,(H,21,23)(H,24,25). The number of aromatic carboxylic acids is 1. The number of nitrogens with one attached hydrogen (secondary N) is 1. The number of hydrogen-bond donors (Lipinski definition) is 2. The van der Waals surface area contributed by atoms with Gasteiger partial charge in [-0.15, -0.1) is 0 Å². The third-order valence-electron chi connectivity index (χ3n) is 4.19. The molecule has 6 nitrogen and oxygen atoms in total. The number of fused-ring (bicyclic) bond motifs is 1. The molecule has 1 atom stereocenters. The zero-order chi connectivity index (χ0) is 18.7. The van der Waals surface area contributed by atoms with Gasteiger partial charge in [0.2, 0.25) is 5.91 Å². The number of thioether (sulfide) groups is 1. The molecule has 1 aliphatic rings. The summed E-state index contributed by atoms with van der Waals surface area (Å²) in [7, 11) is 0. The molecule has 0 fully saturated rings. The first-order valence-corrected chi connectivity index (χ1v) is 9.09. The minimum atomic E-state index is -1.02. The predicted molar refractivity (Wildman–Crippen MR) is 98.3 cm³/mol. The van der Waals surface area contributed by atoms with Crippen LogP contribution in [0.2, 0.25) is 0 Å². The van der Waals surface area contributed by atoms with Gasteiger partial charge in [-0.2, -0.15) is 5.26 Å². The van der Waals surface area contributed by atoms with Gasteiger partial charge >= 0.3 is 5.97 Å². The van der Waals surface area contributed by atoms with E-state index in [0.717, 1.165) is 30.5 Å². The summed E-state index contributed by atoms with van der Waals surface area (Å²) in [6.45, 7) is 1.75. The maximum Gasteiger partial charge on any atom is 0.335 e. The fourth-order valence-electron chi connectivity index (χ4n) is 2.78. The van der Waals surface area contributed by atoms with Gasteiger partial charge in [-0.25, -0.2) is 9.78 Å². The van der Waals surface area contributed by atoms with E-state index in [-0.39, 0.29) is 11.5 Å². The molecule has 0 saturated carbocycles. The maximum absolute atomic E-state index is 12.4. The van der Waals surface area contributed by atoms with E-state index in [0.29, 0.717) is 16.3 Å². The summed E-state index contributed by atoms with van der Waals surface area (Å²) < 4.78 is 0. The zero-order valence-electron chi connectivity index (χ0n) is 14.2. The number of rotatable bonds is 5. The second-order valence-corrected chi connectivity index (χ2v) is 7.37. The minimum absolute atomic E-state index is 0.159. The molecule has 1 amide bonds. The summed E-state index contributed by atoms with van der Waals surface area (Å²) >= 11 is 1.26. The maximum atomic E-state index is 12.4. The first-order valence-electron chi connectivity index (χ1n) is 8.21. The van der Waals surface area contributed by atoms with Crippen LogP contribution in [0.1, 0.15) is 40.5 Å². The van der Waals surface area contributed by atoms with Crippen molar-refractivity contribution in [2.45, 2.75) is 36.5 Å². The molecule has 3 rings (SSSR count). The third-order valence-corrected chi connectivity index (χ3v) is 5.30. The third kappa shape index (κ3) is 3.86. The number of carbonyl (C=O) groups is 2. The Hall–Kier alpha value is -2.85. The highest BCUT2D eigenvalue weighted by atomic mass is 32.2. The van der Waals surface area contributed by atoms with Crippen molar-refractivity contribution < 1.29 is 14.7 Å². The molecule has 1 aromatic carbocycles. The molecule has 0 aliphatic heterocycles.